The minimum absolute atomic E-state index is 0.238. The van der Waals surface area contributed by atoms with Crippen LogP contribution in [0.15, 0.2) is 23.2 Å². The average Bonchev–Trinajstić information content (AvgIpc) is 2.38. The van der Waals surface area contributed by atoms with Crippen LogP contribution in [0.25, 0.3) is 0 Å². The lowest BCUT2D eigenvalue weighted by Crippen LogP contribution is -2.37. The number of hydrazine groups is 1. The van der Waals surface area contributed by atoms with Crippen molar-refractivity contribution in [3.63, 3.8) is 0 Å². The molecule has 0 amide bonds. The molecule has 0 spiro atoms. The quantitative estimate of drug-likeness (QED) is 0.467. The number of halogens is 2. The van der Waals surface area contributed by atoms with Gasteiger partial charge < -0.3 is 10.5 Å². The van der Waals surface area contributed by atoms with Crippen molar-refractivity contribution in [3.8, 4) is 0 Å². The Kier molecular flexibility index (Phi) is 5.54. The first kappa shape index (κ1) is 15.7. The van der Waals surface area contributed by atoms with Crippen molar-refractivity contribution in [2.75, 3.05) is 25.1 Å². The van der Waals surface area contributed by atoms with Gasteiger partial charge in [-0.15, -0.1) is 0 Å². The number of hydrogen-bond donors (Lipinski definition) is 3. The van der Waals surface area contributed by atoms with E-state index in [1.807, 2.05) is 0 Å². The van der Waals surface area contributed by atoms with Crippen molar-refractivity contribution in [3.05, 3.63) is 18.3 Å². The average molecular weight is 296 g/mol. The molecule has 0 aliphatic carbocycles. The molecule has 19 heavy (non-hydrogen) atoms. The van der Waals surface area contributed by atoms with Crippen molar-refractivity contribution in [2.24, 2.45) is 5.84 Å². The highest BCUT2D eigenvalue weighted by Crippen LogP contribution is 2.17. The second-order valence-electron chi connectivity index (χ2n) is 3.50. The molecule has 0 saturated heterocycles. The Balaban J connectivity index is 3.03. The lowest BCUT2D eigenvalue weighted by atomic mass is 10.5. The van der Waals surface area contributed by atoms with Gasteiger partial charge in [-0.25, -0.2) is 28.0 Å². The number of nitrogens with zero attached hydrogens (tertiary/aromatic N) is 2. The lowest BCUT2D eigenvalue weighted by molar-refractivity contribution is 0.113. The van der Waals surface area contributed by atoms with E-state index < -0.39 is 36.1 Å². The summed E-state index contributed by atoms with van der Waals surface area (Å²) in [5, 5.41) is 8.75. The van der Waals surface area contributed by atoms with Gasteiger partial charge in [0.2, 0.25) is 10.0 Å². The molecule has 0 aromatic carbocycles. The van der Waals surface area contributed by atoms with E-state index in [2.05, 4.69) is 10.4 Å². The van der Waals surface area contributed by atoms with Gasteiger partial charge in [-0.2, -0.15) is 4.31 Å². The highest BCUT2D eigenvalue weighted by atomic mass is 32.2. The number of aliphatic hydroxyl groups excluding tert-OH is 1. The third-order valence-electron chi connectivity index (χ3n) is 2.21. The SMILES string of the molecule is NNc1ccc(S(=O)(=O)N(CCO)CC(F)F)cn1. The van der Waals surface area contributed by atoms with Gasteiger partial charge in [-0.3, -0.25) is 0 Å². The monoisotopic (exact) mass is 296 g/mol. The number of nitrogen functional groups attached to an aromatic ring is 1. The maximum atomic E-state index is 12.3. The molecule has 108 valence electrons. The van der Waals surface area contributed by atoms with E-state index >= 15 is 0 Å². The second-order valence-corrected chi connectivity index (χ2v) is 5.44. The topological polar surface area (TPSA) is 109 Å². The summed E-state index contributed by atoms with van der Waals surface area (Å²) in [4.78, 5) is 3.44. The number of anilines is 1. The van der Waals surface area contributed by atoms with Crippen molar-refractivity contribution in [1.82, 2.24) is 9.29 Å². The third-order valence-corrected chi connectivity index (χ3v) is 4.06. The summed E-state index contributed by atoms with van der Waals surface area (Å²) >= 11 is 0. The maximum Gasteiger partial charge on any atom is 0.252 e. The number of rotatable bonds is 7. The van der Waals surface area contributed by atoms with Crippen LogP contribution in [0.4, 0.5) is 14.6 Å². The van der Waals surface area contributed by atoms with Gasteiger partial charge in [0, 0.05) is 12.7 Å². The predicted octanol–water partition coefficient (Wildman–Crippen LogP) is -0.385. The van der Waals surface area contributed by atoms with Gasteiger partial charge in [-0.05, 0) is 12.1 Å². The number of aliphatic hydroxyl groups is 1. The molecular weight excluding hydrogens is 282 g/mol. The molecule has 4 N–H and O–H groups in total. The number of hydrogen-bond acceptors (Lipinski definition) is 6. The first-order valence-corrected chi connectivity index (χ1v) is 6.67. The van der Waals surface area contributed by atoms with E-state index in [-0.39, 0.29) is 10.7 Å². The number of nitrogens with two attached hydrogens (primary N) is 1. The van der Waals surface area contributed by atoms with Gasteiger partial charge >= 0.3 is 0 Å². The zero-order valence-corrected chi connectivity index (χ0v) is 10.6. The number of alkyl halides is 2. The Morgan fingerprint density at radius 2 is 2.16 bits per heavy atom. The van der Waals surface area contributed by atoms with Crippen LogP contribution in [0.5, 0.6) is 0 Å². The fraction of sp³-hybridized carbons (Fsp3) is 0.444. The number of pyridine rings is 1. The van der Waals surface area contributed by atoms with E-state index in [0.29, 0.717) is 4.31 Å². The molecule has 7 nitrogen and oxygen atoms in total. The lowest BCUT2D eigenvalue weighted by Gasteiger charge is -2.20. The molecule has 0 aliphatic rings. The van der Waals surface area contributed by atoms with E-state index in [0.717, 1.165) is 6.20 Å². The molecule has 0 unspecified atom stereocenters. The van der Waals surface area contributed by atoms with Gasteiger partial charge in [0.15, 0.2) is 0 Å². The van der Waals surface area contributed by atoms with Crippen LogP contribution < -0.4 is 11.3 Å². The van der Waals surface area contributed by atoms with Crippen LogP contribution in [0.3, 0.4) is 0 Å². The maximum absolute atomic E-state index is 12.3. The zero-order chi connectivity index (χ0) is 14.5. The smallest absolute Gasteiger partial charge is 0.252 e. The molecule has 1 rings (SSSR count). The van der Waals surface area contributed by atoms with Crippen molar-refractivity contribution in [1.29, 1.82) is 0 Å². The number of nitrogens with one attached hydrogen (secondary N) is 1. The van der Waals surface area contributed by atoms with Crippen LogP contribution in [-0.4, -0.2) is 48.9 Å². The molecule has 10 heteroatoms. The number of sulfonamides is 1. The van der Waals surface area contributed by atoms with Crippen LogP contribution in [0.1, 0.15) is 0 Å². The Labute approximate surface area is 109 Å². The van der Waals surface area contributed by atoms with Crippen LogP contribution >= 0.6 is 0 Å². The molecule has 0 aliphatic heterocycles. The Hall–Kier alpha value is -1.36. The van der Waals surface area contributed by atoms with Crippen LogP contribution in [-0.2, 0) is 10.0 Å². The molecule has 0 saturated carbocycles. The van der Waals surface area contributed by atoms with Crippen molar-refractivity contribution >= 4 is 15.8 Å². The van der Waals surface area contributed by atoms with E-state index in [9.17, 15) is 17.2 Å². The molecule has 1 aromatic rings. The van der Waals surface area contributed by atoms with Gasteiger partial charge in [0.05, 0.1) is 13.2 Å². The summed E-state index contributed by atoms with van der Waals surface area (Å²) in [6, 6.07) is 2.49. The predicted molar refractivity (Wildman–Crippen MR) is 63.9 cm³/mol. The Morgan fingerprint density at radius 3 is 2.58 bits per heavy atom. The largest absolute Gasteiger partial charge is 0.395 e. The summed E-state index contributed by atoms with van der Waals surface area (Å²) in [5.41, 5.74) is 2.21. The minimum Gasteiger partial charge on any atom is -0.395 e. The standard InChI is InChI=1S/C9H14F2N4O3S/c10-8(11)6-15(3-4-16)19(17,18)7-1-2-9(14-12)13-5-7/h1-2,5,8,16H,3-4,6,12H2,(H,13,14). The minimum atomic E-state index is -4.12. The van der Waals surface area contributed by atoms with Gasteiger partial charge in [0.1, 0.15) is 10.7 Å². The summed E-state index contributed by atoms with van der Waals surface area (Å²) in [6.07, 6.45) is -1.83. The van der Waals surface area contributed by atoms with Crippen molar-refractivity contribution in [2.45, 2.75) is 11.3 Å². The zero-order valence-electron chi connectivity index (χ0n) is 9.83. The second kappa shape index (κ2) is 6.70. The normalized spacial score (nSPS) is 12.1. The van der Waals surface area contributed by atoms with Crippen molar-refractivity contribution < 1.29 is 22.3 Å². The molecule has 0 atom stereocenters. The molecule has 0 fully saturated rings. The summed E-state index contributed by atoms with van der Waals surface area (Å²) in [6.45, 7) is -1.95. The van der Waals surface area contributed by atoms with E-state index in [1.54, 1.807) is 0 Å². The summed E-state index contributed by atoms with van der Waals surface area (Å²) in [7, 11) is -4.12. The summed E-state index contributed by atoms with van der Waals surface area (Å²) in [5.74, 6) is 5.32. The van der Waals surface area contributed by atoms with Crippen LogP contribution in [0, 0.1) is 0 Å². The highest BCUT2D eigenvalue weighted by molar-refractivity contribution is 7.89. The van der Waals surface area contributed by atoms with Gasteiger partial charge in [0.25, 0.3) is 6.43 Å². The molecule has 0 bridgehead atoms. The fourth-order valence-electron chi connectivity index (χ4n) is 1.34. The fourth-order valence-corrected chi connectivity index (χ4v) is 2.70. The number of aromatic nitrogens is 1. The first-order valence-electron chi connectivity index (χ1n) is 5.23. The molecule has 1 aromatic heterocycles. The van der Waals surface area contributed by atoms with Crippen LogP contribution in [0.2, 0.25) is 0 Å². The van der Waals surface area contributed by atoms with Gasteiger partial charge in [-0.1, -0.05) is 0 Å². The Morgan fingerprint density at radius 1 is 1.47 bits per heavy atom. The third kappa shape index (κ3) is 4.06. The first-order chi connectivity index (χ1) is 8.91. The highest BCUT2D eigenvalue weighted by Gasteiger charge is 2.27. The molecule has 1 heterocycles. The van der Waals surface area contributed by atoms with E-state index in [1.165, 1.54) is 12.1 Å². The Bertz CT molecular complexity index is 495. The van der Waals surface area contributed by atoms with E-state index in [4.69, 9.17) is 10.9 Å². The molecule has 0 radical (unpaired) electrons. The molecular formula is C9H14F2N4O3S. The summed E-state index contributed by atoms with van der Waals surface area (Å²) < 4.78 is 49.3.